The van der Waals surface area contributed by atoms with E-state index in [9.17, 15) is 0 Å². The first kappa shape index (κ1) is 12.5. The summed E-state index contributed by atoms with van der Waals surface area (Å²) in [4.78, 5) is 4.59. The lowest BCUT2D eigenvalue weighted by Gasteiger charge is -2.33. The quantitative estimate of drug-likeness (QED) is 0.653. The fourth-order valence-corrected chi connectivity index (χ4v) is 2.82. The fourth-order valence-electron chi connectivity index (χ4n) is 2.82. The molecule has 0 aliphatic carbocycles. The zero-order valence-corrected chi connectivity index (χ0v) is 12.2. The molecule has 0 saturated carbocycles. The van der Waals surface area contributed by atoms with Gasteiger partial charge in [-0.1, -0.05) is 24.3 Å². The van der Waals surface area contributed by atoms with Crippen molar-refractivity contribution in [2.45, 2.75) is 32.3 Å². The normalized spacial score (nSPS) is 16.5. The van der Waals surface area contributed by atoms with E-state index in [-0.39, 0.29) is 5.60 Å². The second-order valence-corrected chi connectivity index (χ2v) is 6.14. The summed E-state index contributed by atoms with van der Waals surface area (Å²) in [6.45, 7) is 4.25. The van der Waals surface area contributed by atoms with Gasteiger partial charge >= 0.3 is 0 Å². The second-order valence-electron chi connectivity index (χ2n) is 6.14. The van der Waals surface area contributed by atoms with Gasteiger partial charge in [-0.05, 0) is 50.5 Å². The van der Waals surface area contributed by atoms with Crippen LogP contribution < -0.4 is 4.74 Å². The highest BCUT2D eigenvalue weighted by Crippen LogP contribution is 2.40. The number of hydrogen-bond donors (Lipinski definition) is 0. The van der Waals surface area contributed by atoms with Gasteiger partial charge in [0.25, 0.3) is 0 Å². The highest BCUT2D eigenvalue weighted by Gasteiger charge is 2.29. The third-order valence-corrected chi connectivity index (χ3v) is 4.00. The third-order valence-electron chi connectivity index (χ3n) is 4.00. The predicted molar refractivity (Wildman–Crippen MR) is 82.5 cm³/mol. The monoisotopic (exact) mass is 279 g/mol. The molecule has 0 unspecified atom stereocenters. The average Bonchev–Trinajstić information content (AvgIpc) is 2.89. The van der Waals surface area contributed by atoms with Gasteiger partial charge in [-0.3, -0.25) is 0 Å². The summed E-state index contributed by atoms with van der Waals surface area (Å²) in [7, 11) is 0. The van der Waals surface area contributed by atoms with E-state index in [1.807, 2.05) is 36.4 Å². The van der Waals surface area contributed by atoms with Crippen LogP contribution in [0, 0.1) is 0 Å². The van der Waals surface area contributed by atoms with E-state index in [1.54, 1.807) is 0 Å². The minimum atomic E-state index is -0.144. The first-order valence-corrected chi connectivity index (χ1v) is 7.29. The molecule has 0 radical (unpaired) electrons. The highest BCUT2D eigenvalue weighted by atomic mass is 16.5. The molecule has 3 aromatic rings. The second kappa shape index (κ2) is 4.35. The lowest BCUT2D eigenvalue weighted by molar-refractivity contribution is 0.0853. The summed E-state index contributed by atoms with van der Waals surface area (Å²) >= 11 is 0. The molecule has 0 amide bonds. The largest absolute Gasteiger partial charge is 0.487 e. The van der Waals surface area contributed by atoms with Crippen molar-refractivity contribution in [1.82, 2.24) is 4.98 Å². The van der Waals surface area contributed by atoms with Gasteiger partial charge in [0.2, 0.25) is 5.89 Å². The van der Waals surface area contributed by atoms with Crippen LogP contribution in [0.2, 0.25) is 0 Å². The highest BCUT2D eigenvalue weighted by molar-refractivity contribution is 5.78. The molecule has 0 N–H and O–H groups in total. The Kier molecular flexibility index (Phi) is 2.58. The van der Waals surface area contributed by atoms with Crippen molar-refractivity contribution >= 4 is 11.1 Å². The van der Waals surface area contributed by atoms with Gasteiger partial charge in [-0.2, -0.15) is 0 Å². The van der Waals surface area contributed by atoms with Crippen molar-refractivity contribution in [1.29, 1.82) is 0 Å². The third kappa shape index (κ3) is 2.09. The Bertz CT molecular complexity index is 784. The summed E-state index contributed by atoms with van der Waals surface area (Å²) in [5.41, 5.74) is 3.71. The number of benzene rings is 2. The van der Waals surface area contributed by atoms with Crippen molar-refractivity contribution in [3.05, 3.63) is 48.0 Å². The molecule has 3 heteroatoms. The van der Waals surface area contributed by atoms with Crippen LogP contribution in [0.15, 0.2) is 46.9 Å². The van der Waals surface area contributed by atoms with Crippen molar-refractivity contribution in [2.75, 3.05) is 0 Å². The number of nitrogens with zero attached hydrogens (tertiary/aromatic N) is 1. The number of aromatic nitrogens is 1. The molecule has 0 atom stereocenters. The van der Waals surface area contributed by atoms with E-state index in [0.717, 1.165) is 35.3 Å². The zero-order valence-electron chi connectivity index (χ0n) is 12.2. The smallest absolute Gasteiger partial charge is 0.231 e. The van der Waals surface area contributed by atoms with Crippen LogP contribution in [0.25, 0.3) is 22.6 Å². The number of oxazole rings is 1. The number of fused-ring (bicyclic) bond motifs is 2. The Hall–Kier alpha value is -2.29. The molecule has 0 bridgehead atoms. The van der Waals surface area contributed by atoms with E-state index in [4.69, 9.17) is 9.15 Å². The molecule has 4 rings (SSSR count). The van der Waals surface area contributed by atoms with Crippen LogP contribution in [0.1, 0.15) is 25.8 Å². The number of ether oxygens (including phenoxy) is 1. The van der Waals surface area contributed by atoms with Gasteiger partial charge in [-0.15, -0.1) is 0 Å². The van der Waals surface area contributed by atoms with Crippen LogP contribution in [-0.2, 0) is 6.42 Å². The fraction of sp³-hybridized carbons (Fsp3) is 0.278. The Morgan fingerprint density at radius 3 is 2.76 bits per heavy atom. The van der Waals surface area contributed by atoms with Gasteiger partial charge in [0.1, 0.15) is 16.9 Å². The topological polar surface area (TPSA) is 35.3 Å². The lowest BCUT2D eigenvalue weighted by atomic mass is 9.93. The van der Waals surface area contributed by atoms with Crippen molar-refractivity contribution in [3.63, 3.8) is 0 Å². The molecule has 2 aromatic carbocycles. The maximum absolute atomic E-state index is 6.20. The van der Waals surface area contributed by atoms with Gasteiger partial charge in [-0.25, -0.2) is 4.98 Å². The maximum Gasteiger partial charge on any atom is 0.231 e. The first-order valence-electron chi connectivity index (χ1n) is 7.29. The molecule has 1 aliphatic rings. The molecule has 1 aromatic heterocycles. The van der Waals surface area contributed by atoms with Crippen LogP contribution in [0.3, 0.4) is 0 Å². The Balaban J connectivity index is 1.89. The Labute approximate surface area is 123 Å². The Morgan fingerprint density at radius 1 is 1.05 bits per heavy atom. The molecule has 2 heterocycles. The van der Waals surface area contributed by atoms with Crippen molar-refractivity contribution < 1.29 is 9.15 Å². The predicted octanol–water partition coefficient (Wildman–Crippen LogP) is 4.60. The summed E-state index contributed by atoms with van der Waals surface area (Å²) in [5, 5.41) is 0. The minimum absolute atomic E-state index is 0.144. The van der Waals surface area contributed by atoms with E-state index in [0.29, 0.717) is 5.89 Å². The Morgan fingerprint density at radius 2 is 1.90 bits per heavy atom. The first-order chi connectivity index (χ1) is 10.1. The summed E-state index contributed by atoms with van der Waals surface area (Å²) in [6, 6.07) is 14.0. The number of para-hydroxylation sites is 3. The number of hydrogen-bond acceptors (Lipinski definition) is 3. The average molecular weight is 279 g/mol. The molecule has 1 aliphatic heterocycles. The summed E-state index contributed by atoms with van der Waals surface area (Å²) in [6.07, 6.45) is 2.05. The molecule has 3 nitrogen and oxygen atoms in total. The van der Waals surface area contributed by atoms with Crippen LogP contribution in [0.4, 0.5) is 0 Å². The molecular formula is C18H17NO2. The SMILES string of the molecule is CC1(C)CCc2cccc(-c3nc4ccccc4o3)c2O1. The van der Waals surface area contributed by atoms with E-state index >= 15 is 0 Å². The molecule has 0 fully saturated rings. The minimum Gasteiger partial charge on any atom is -0.487 e. The van der Waals surface area contributed by atoms with Gasteiger partial charge < -0.3 is 9.15 Å². The van der Waals surface area contributed by atoms with E-state index in [1.165, 1.54) is 5.56 Å². The van der Waals surface area contributed by atoms with E-state index in [2.05, 4.69) is 24.9 Å². The lowest BCUT2D eigenvalue weighted by Crippen LogP contribution is -2.32. The molecule has 0 spiro atoms. The summed E-state index contributed by atoms with van der Waals surface area (Å²) in [5.74, 6) is 1.55. The van der Waals surface area contributed by atoms with Crippen molar-refractivity contribution in [2.24, 2.45) is 0 Å². The van der Waals surface area contributed by atoms with Crippen LogP contribution >= 0.6 is 0 Å². The zero-order chi connectivity index (χ0) is 14.4. The van der Waals surface area contributed by atoms with Gasteiger partial charge in [0.05, 0.1) is 5.56 Å². The van der Waals surface area contributed by atoms with E-state index < -0.39 is 0 Å². The van der Waals surface area contributed by atoms with Crippen LogP contribution in [0.5, 0.6) is 5.75 Å². The number of rotatable bonds is 1. The summed E-state index contributed by atoms with van der Waals surface area (Å²) < 4.78 is 12.1. The molecule has 21 heavy (non-hydrogen) atoms. The van der Waals surface area contributed by atoms with Crippen molar-refractivity contribution in [3.8, 4) is 17.2 Å². The van der Waals surface area contributed by atoms with Crippen LogP contribution in [-0.4, -0.2) is 10.6 Å². The van der Waals surface area contributed by atoms with Gasteiger partial charge in [0, 0.05) is 0 Å². The maximum atomic E-state index is 6.20. The molecular weight excluding hydrogens is 262 g/mol. The molecule has 0 saturated heterocycles. The van der Waals surface area contributed by atoms with Gasteiger partial charge in [0.15, 0.2) is 5.58 Å². The molecule has 106 valence electrons. The standard InChI is InChI=1S/C18H17NO2/c1-18(2)11-10-12-6-5-7-13(16(12)21-18)17-19-14-8-3-4-9-15(14)20-17/h3-9H,10-11H2,1-2H3. The number of aryl methyl sites for hydroxylation is 1.